The van der Waals surface area contributed by atoms with Crippen LogP contribution in [0.4, 0.5) is 0 Å². The minimum Gasteiger partial charge on any atom is -0.368 e. The molecule has 0 aromatic rings. The molecule has 1 saturated heterocycles. The molecular formula is C15H29N3O. The third-order valence-electron chi connectivity index (χ3n) is 5.22. The molecule has 4 heteroatoms. The molecule has 1 heterocycles. The molecule has 1 saturated carbocycles. The van der Waals surface area contributed by atoms with Crippen LogP contribution in [0.3, 0.4) is 0 Å². The van der Waals surface area contributed by atoms with E-state index in [2.05, 4.69) is 17.1 Å². The Bertz CT molecular complexity index is 313. The van der Waals surface area contributed by atoms with Crippen LogP contribution in [0.5, 0.6) is 0 Å². The maximum atomic E-state index is 11.8. The van der Waals surface area contributed by atoms with Crippen molar-refractivity contribution in [3.63, 3.8) is 0 Å². The number of likely N-dealkylation sites (tertiary alicyclic amines) is 1. The summed E-state index contributed by atoms with van der Waals surface area (Å²) in [5.74, 6) is 0.743. The van der Waals surface area contributed by atoms with Gasteiger partial charge in [-0.15, -0.1) is 0 Å². The summed E-state index contributed by atoms with van der Waals surface area (Å²) in [4.78, 5) is 14.4. The Kier molecular flexibility index (Phi) is 4.85. The number of rotatable bonds is 5. The lowest BCUT2D eigenvalue weighted by Crippen LogP contribution is -2.54. The van der Waals surface area contributed by atoms with Crippen molar-refractivity contribution < 1.29 is 4.79 Å². The van der Waals surface area contributed by atoms with E-state index in [1.165, 1.54) is 32.4 Å². The van der Waals surface area contributed by atoms with Crippen LogP contribution in [0.25, 0.3) is 0 Å². The number of piperidine rings is 1. The number of nitrogens with two attached hydrogens (primary N) is 1. The van der Waals surface area contributed by atoms with Crippen molar-refractivity contribution in [3.8, 4) is 0 Å². The van der Waals surface area contributed by atoms with Crippen molar-refractivity contribution in [2.24, 2.45) is 11.7 Å². The van der Waals surface area contributed by atoms with Crippen molar-refractivity contribution in [2.45, 2.75) is 64.0 Å². The number of carbonyl (C=O) groups excluding carboxylic acids is 1. The first-order valence-corrected chi connectivity index (χ1v) is 7.90. The molecule has 1 amide bonds. The van der Waals surface area contributed by atoms with E-state index >= 15 is 0 Å². The lowest BCUT2D eigenvalue weighted by atomic mass is 9.92. The quantitative estimate of drug-likeness (QED) is 0.793. The Morgan fingerprint density at radius 2 is 2.00 bits per heavy atom. The molecule has 0 radical (unpaired) electrons. The van der Waals surface area contributed by atoms with Gasteiger partial charge >= 0.3 is 0 Å². The van der Waals surface area contributed by atoms with Crippen LogP contribution in [0.2, 0.25) is 0 Å². The molecular weight excluding hydrogens is 238 g/mol. The van der Waals surface area contributed by atoms with E-state index < -0.39 is 5.54 Å². The van der Waals surface area contributed by atoms with Gasteiger partial charge in [-0.25, -0.2) is 0 Å². The number of nitrogens with one attached hydrogen (secondary N) is 1. The Labute approximate surface area is 117 Å². The third kappa shape index (κ3) is 3.11. The lowest BCUT2D eigenvalue weighted by molar-refractivity contribution is -0.124. The normalized spacial score (nSPS) is 33.7. The van der Waals surface area contributed by atoms with E-state index in [0.29, 0.717) is 6.04 Å². The smallest absolute Gasteiger partial charge is 0.237 e. The number of nitrogens with zero attached hydrogens (tertiary/aromatic N) is 1. The maximum Gasteiger partial charge on any atom is 0.237 e. The number of hydrogen-bond acceptors (Lipinski definition) is 3. The van der Waals surface area contributed by atoms with E-state index in [4.69, 9.17) is 5.73 Å². The van der Waals surface area contributed by atoms with Crippen molar-refractivity contribution in [1.29, 1.82) is 0 Å². The highest BCUT2D eigenvalue weighted by atomic mass is 16.1. The zero-order valence-corrected chi connectivity index (χ0v) is 12.5. The third-order valence-corrected chi connectivity index (χ3v) is 5.22. The second-order valence-electron chi connectivity index (χ2n) is 6.26. The minimum atomic E-state index is -0.443. The zero-order valence-electron chi connectivity index (χ0n) is 12.5. The fourth-order valence-electron chi connectivity index (χ4n) is 3.87. The fourth-order valence-corrected chi connectivity index (χ4v) is 3.87. The number of hydrogen-bond donors (Lipinski definition) is 2. The van der Waals surface area contributed by atoms with Gasteiger partial charge in [-0.1, -0.05) is 20.3 Å². The first-order valence-electron chi connectivity index (χ1n) is 7.90. The average molecular weight is 267 g/mol. The van der Waals surface area contributed by atoms with Gasteiger partial charge in [-0.3, -0.25) is 4.79 Å². The molecule has 19 heavy (non-hydrogen) atoms. The molecule has 2 atom stereocenters. The van der Waals surface area contributed by atoms with E-state index in [1.807, 2.05) is 6.92 Å². The molecule has 1 aliphatic carbocycles. The lowest BCUT2D eigenvalue weighted by Gasteiger charge is -2.36. The molecule has 0 aromatic carbocycles. The van der Waals surface area contributed by atoms with E-state index in [0.717, 1.165) is 31.7 Å². The second-order valence-corrected chi connectivity index (χ2v) is 6.26. The van der Waals surface area contributed by atoms with Crippen LogP contribution >= 0.6 is 0 Å². The number of likely N-dealkylation sites (N-methyl/N-ethyl adjacent to an activating group) is 1. The Hall–Kier alpha value is -0.610. The molecule has 3 N–H and O–H groups in total. The summed E-state index contributed by atoms with van der Waals surface area (Å²) in [6, 6.07) is 0.546. The molecule has 4 nitrogen and oxygen atoms in total. The minimum absolute atomic E-state index is 0.166. The molecule has 0 spiro atoms. The van der Waals surface area contributed by atoms with Gasteiger partial charge < -0.3 is 16.0 Å². The molecule has 2 fully saturated rings. The number of carbonyl (C=O) groups is 1. The van der Waals surface area contributed by atoms with Crippen molar-refractivity contribution in [3.05, 3.63) is 0 Å². The van der Waals surface area contributed by atoms with E-state index in [1.54, 1.807) is 0 Å². The predicted molar refractivity (Wildman–Crippen MR) is 77.8 cm³/mol. The highest BCUT2D eigenvalue weighted by Crippen LogP contribution is 2.35. The maximum absolute atomic E-state index is 11.8. The molecule has 1 aliphatic heterocycles. The first kappa shape index (κ1) is 14.8. The average Bonchev–Trinajstić information content (AvgIpc) is 2.85. The van der Waals surface area contributed by atoms with Gasteiger partial charge in [-0.2, -0.15) is 0 Å². The van der Waals surface area contributed by atoms with Gasteiger partial charge in [-0.05, 0) is 57.7 Å². The van der Waals surface area contributed by atoms with Gasteiger partial charge in [0.15, 0.2) is 0 Å². The summed E-state index contributed by atoms with van der Waals surface area (Å²) in [7, 11) is 0. The van der Waals surface area contributed by atoms with E-state index in [9.17, 15) is 4.79 Å². The zero-order chi connectivity index (χ0) is 13.9. The van der Waals surface area contributed by atoms with Crippen LogP contribution in [-0.2, 0) is 4.79 Å². The van der Waals surface area contributed by atoms with Crippen LogP contribution in [-0.4, -0.2) is 42.0 Å². The topological polar surface area (TPSA) is 58.4 Å². The van der Waals surface area contributed by atoms with Crippen molar-refractivity contribution in [1.82, 2.24) is 10.2 Å². The highest BCUT2D eigenvalue weighted by molar-refractivity contribution is 5.85. The van der Waals surface area contributed by atoms with E-state index in [-0.39, 0.29) is 5.91 Å². The molecule has 0 bridgehead atoms. The number of amides is 1. The summed E-state index contributed by atoms with van der Waals surface area (Å²) in [5.41, 5.74) is 5.19. The molecule has 2 aliphatic rings. The van der Waals surface area contributed by atoms with Gasteiger partial charge in [0.2, 0.25) is 5.91 Å². The van der Waals surface area contributed by atoms with Gasteiger partial charge in [0.25, 0.3) is 0 Å². The Morgan fingerprint density at radius 1 is 1.32 bits per heavy atom. The largest absolute Gasteiger partial charge is 0.368 e. The van der Waals surface area contributed by atoms with Crippen LogP contribution in [0, 0.1) is 5.92 Å². The summed E-state index contributed by atoms with van der Waals surface area (Å²) in [5, 5.41) is 3.35. The predicted octanol–water partition coefficient (Wildman–Crippen LogP) is 1.49. The summed E-state index contributed by atoms with van der Waals surface area (Å²) < 4.78 is 0. The van der Waals surface area contributed by atoms with Crippen LogP contribution in [0.1, 0.15) is 52.4 Å². The summed E-state index contributed by atoms with van der Waals surface area (Å²) in [6.45, 7) is 7.55. The molecule has 2 unspecified atom stereocenters. The van der Waals surface area contributed by atoms with Gasteiger partial charge in [0.1, 0.15) is 0 Å². The Balaban J connectivity index is 1.92. The molecule has 0 aromatic heterocycles. The monoisotopic (exact) mass is 267 g/mol. The highest BCUT2D eigenvalue weighted by Gasteiger charge is 2.45. The fraction of sp³-hybridized carbons (Fsp3) is 0.933. The standard InChI is InChI=1S/C15H29N3O/c1-3-12-6-9-18(10-7-12)13-5-8-15(11-13,14(16)19)17-4-2/h12-13,17H,3-11H2,1-2H3,(H2,16,19). The van der Waals surface area contributed by atoms with Crippen molar-refractivity contribution >= 4 is 5.91 Å². The van der Waals surface area contributed by atoms with Gasteiger partial charge in [0.05, 0.1) is 5.54 Å². The summed E-state index contributed by atoms with van der Waals surface area (Å²) in [6.07, 6.45) is 6.84. The van der Waals surface area contributed by atoms with Crippen LogP contribution in [0.15, 0.2) is 0 Å². The SMILES string of the molecule is CCNC1(C(N)=O)CCC(N2CCC(CC)CC2)C1. The molecule has 110 valence electrons. The molecule has 2 rings (SSSR count). The van der Waals surface area contributed by atoms with Gasteiger partial charge in [0, 0.05) is 6.04 Å². The van der Waals surface area contributed by atoms with Crippen molar-refractivity contribution in [2.75, 3.05) is 19.6 Å². The van der Waals surface area contributed by atoms with Crippen LogP contribution < -0.4 is 11.1 Å². The first-order chi connectivity index (χ1) is 9.11. The Morgan fingerprint density at radius 3 is 2.53 bits per heavy atom. The summed E-state index contributed by atoms with van der Waals surface area (Å²) >= 11 is 0. The number of primary amides is 1. The second kappa shape index (κ2) is 6.23.